The van der Waals surface area contributed by atoms with Crippen molar-refractivity contribution in [2.75, 3.05) is 19.0 Å². The van der Waals surface area contributed by atoms with E-state index in [1.54, 1.807) is 7.11 Å². The second-order valence-corrected chi connectivity index (χ2v) is 5.49. The SMILES string of the molecule is COc1ccccc1C(CBr)OCCC1CCC1. The molecule has 0 saturated heterocycles. The molecule has 1 atom stereocenters. The van der Waals surface area contributed by atoms with Gasteiger partial charge in [-0.2, -0.15) is 0 Å². The van der Waals surface area contributed by atoms with E-state index in [1.165, 1.54) is 25.7 Å². The Kier molecular flexibility index (Phi) is 5.51. The van der Waals surface area contributed by atoms with E-state index in [0.717, 1.165) is 29.2 Å². The number of methoxy groups -OCH3 is 1. The van der Waals surface area contributed by atoms with Gasteiger partial charge in [0.1, 0.15) is 5.75 Å². The van der Waals surface area contributed by atoms with Crippen LogP contribution >= 0.6 is 15.9 Å². The Hall–Kier alpha value is -0.540. The average molecular weight is 313 g/mol. The molecule has 0 N–H and O–H groups in total. The summed E-state index contributed by atoms with van der Waals surface area (Å²) in [6.07, 6.45) is 5.45. The van der Waals surface area contributed by atoms with E-state index in [9.17, 15) is 0 Å². The number of halogens is 1. The van der Waals surface area contributed by atoms with Crippen molar-refractivity contribution in [1.29, 1.82) is 0 Å². The van der Waals surface area contributed by atoms with Crippen molar-refractivity contribution < 1.29 is 9.47 Å². The van der Waals surface area contributed by atoms with Crippen LogP contribution in [0.15, 0.2) is 24.3 Å². The van der Waals surface area contributed by atoms with Gasteiger partial charge in [0.15, 0.2) is 0 Å². The number of hydrogen-bond donors (Lipinski definition) is 0. The summed E-state index contributed by atoms with van der Waals surface area (Å²) in [5.41, 5.74) is 1.13. The molecule has 0 radical (unpaired) electrons. The first-order valence-electron chi connectivity index (χ1n) is 6.65. The lowest BCUT2D eigenvalue weighted by atomic mass is 9.83. The van der Waals surface area contributed by atoms with E-state index in [-0.39, 0.29) is 6.10 Å². The molecular weight excluding hydrogens is 292 g/mol. The molecule has 1 aromatic carbocycles. The predicted molar refractivity (Wildman–Crippen MR) is 77.4 cm³/mol. The van der Waals surface area contributed by atoms with Crippen molar-refractivity contribution in [2.24, 2.45) is 5.92 Å². The van der Waals surface area contributed by atoms with E-state index in [0.29, 0.717) is 0 Å². The molecule has 1 aromatic rings. The highest BCUT2D eigenvalue weighted by molar-refractivity contribution is 9.09. The molecule has 2 rings (SSSR count). The Balaban J connectivity index is 1.89. The average Bonchev–Trinajstić information content (AvgIpc) is 2.37. The van der Waals surface area contributed by atoms with Crippen LogP contribution in [0, 0.1) is 5.92 Å². The van der Waals surface area contributed by atoms with E-state index in [2.05, 4.69) is 22.0 Å². The van der Waals surface area contributed by atoms with Crippen LogP contribution in [-0.2, 0) is 4.74 Å². The maximum Gasteiger partial charge on any atom is 0.124 e. The predicted octanol–water partition coefficient (Wildman–Crippen LogP) is 4.34. The molecule has 0 spiro atoms. The Morgan fingerprint density at radius 2 is 2.11 bits per heavy atom. The molecule has 0 bridgehead atoms. The molecule has 1 aliphatic rings. The Morgan fingerprint density at radius 1 is 1.33 bits per heavy atom. The minimum atomic E-state index is 0.0845. The molecule has 18 heavy (non-hydrogen) atoms. The van der Waals surface area contributed by atoms with Gasteiger partial charge >= 0.3 is 0 Å². The lowest BCUT2D eigenvalue weighted by Crippen LogP contribution is -2.15. The Bertz CT molecular complexity index is 363. The van der Waals surface area contributed by atoms with Crippen molar-refractivity contribution in [3.05, 3.63) is 29.8 Å². The lowest BCUT2D eigenvalue weighted by molar-refractivity contribution is 0.0507. The van der Waals surface area contributed by atoms with Crippen molar-refractivity contribution in [2.45, 2.75) is 31.8 Å². The van der Waals surface area contributed by atoms with Gasteiger partial charge in [0.25, 0.3) is 0 Å². The summed E-state index contributed by atoms with van der Waals surface area (Å²) in [5.74, 6) is 1.81. The molecule has 1 unspecified atom stereocenters. The van der Waals surface area contributed by atoms with Crippen LogP contribution in [-0.4, -0.2) is 19.0 Å². The molecule has 2 nitrogen and oxygen atoms in total. The molecule has 100 valence electrons. The highest BCUT2D eigenvalue weighted by Gasteiger charge is 2.19. The summed E-state index contributed by atoms with van der Waals surface area (Å²) in [7, 11) is 1.71. The van der Waals surface area contributed by atoms with Gasteiger partial charge in [-0.15, -0.1) is 0 Å². The van der Waals surface area contributed by atoms with Crippen LogP contribution in [0.25, 0.3) is 0 Å². The van der Waals surface area contributed by atoms with E-state index in [4.69, 9.17) is 9.47 Å². The van der Waals surface area contributed by atoms with Crippen molar-refractivity contribution in [1.82, 2.24) is 0 Å². The first-order chi connectivity index (χ1) is 8.85. The highest BCUT2D eigenvalue weighted by Crippen LogP contribution is 2.32. The molecule has 1 fully saturated rings. The number of rotatable bonds is 7. The molecule has 3 heteroatoms. The van der Waals surface area contributed by atoms with Crippen LogP contribution in [0.2, 0.25) is 0 Å². The summed E-state index contributed by atoms with van der Waals surface area (Å²) in [6.45, 7) is 0.846. The van der Waals surface area contributed by atoms with Gasteiger partial charge in [-0.05, 0) is 18.4 Å². The number of para-hydroxylation sites is 1. The molecule has 1 saturated carbocycles. The summed E-state index contributed by atoms with van der Waals surface area (Å²) in [4.78, 5) is 0. The van der Waals surface area contributed by atoms with Gasteiger partial charge in [-0.25, -0.2) is 0 Å². The second-order valence-electron chi connectivity index (χ2n) is 4.84. The van der Waals surface area contributed by atoms with Crippen LogP contribution in [0.1, 0.15) is 37.4 Å². The molecule has 0 heterocycles. The van der Waals surface area contributed by atoms with Gasteiger partial charge in [-0.3, -0.25) is 0 Å². The zero-order valence-corrected chi connectivity index (χ0v) is 12.5. The highest BCUT2D eigenvalue weighted by atomic mass is 79.9. The van der Waals surface area contributed by atoms with Crippen molar-refractivity contribution >= 4 is 15.9 Å². The smallest absolute Gasteiger partial charge is 0.124 e. The van der Waals surface area contributed by atoms with Crippen molar-refractivity contribution in [3.8, 4) is 5.75 Å². The minimum absolute atomic E-state index is 0.0845. The van der Waals surface area contributed by atoms with Gasteiger partial charge in [0.05, 0.1) is 13.2 Å². The molecule has 1 aliphatic carbocycles. The van der Waals surface area contributed by atoms with E-state index in [1.807, 2.05) is 18.2 Å². The third kappa shape index (κ3) is 3.48. The van der Waals surface area contributed by atoms with Gasteiger partial charge < -0.3 is 9.47 Å². The third-order valence-corrected chi connectivity index (χ3v) is 4.28. The van der Waals surface area contributed by atoms with Gasteiger partial charge in [0.2, 0.25) is 0 Å². The number of ether oxygens (including phenoxy) is 2. The first kappa shape index (κ1) is 13.9. The zero-order chi connectivity index (χ0) is 12.8. The molecule has 0 aliphatic heterocycles. The van der Waals surface area contributed by atoms with Crippen LogP contribution in [0.5, 0.6) is 5.75 Å². The van der Waals surface area contributed by atoms with Crippen LogP contribution in [0.4, 0.5) is 0 Å². The number of benzene rings is 1. The standard InChI is InChI=1S/C15H21BrO2/c1-17-14-8-3-2-7-13(14)15(11-16)18-10-9-12-5-4-6-12/h2-3,7-8,12,15H,4-6,9-11H2,1H3. The number of hydrogen-bond acceptors (Lipinski definition) is 2. The number of alkyl halides is 1. The van der Waals surface area contributed by atoms with Crippen LogP contribution < -0.4 is 4.74 Å². The first-order valence-corrected chi connectivity index (χ1v) is 7.77. The maximum absolute atomic E-state index is 6.00. The van der Waals surface area contributed by atoms with Crippen molar-refractivity contribution in [3.63, 3.8) is 0 Å². The van der Waals surface area contributed by atoms with Gasteiger partial charge in [-0.1, -0.05) is 53.4 Å². The fourth-order valence-corrected chi connectivity index (χ4v) is 2.84. The topological polar surface area (TPSA) is 18.5 Å². The fraction of sp³-hybridized carbons (Fsp3) is 0.600. The molecule has 0 aromatic heterocycles. The van der Waals surface area contributed by atoms with Gasteiger partial charge in [0, 0.05) is 17.5 Å². The Morgan fingerprint density at radius 3 is 2.72 bits per heavy atom. The largest absolute Gasteiger partial charge is 0.496 e. The minimum Gasteiger partial charge on any atom is -0.496 e. The maximum atomic E-state index is 6.00. The second kappa shape index (κ2) is 7.15. The summed E-state index contributed by atoms with van der Waals surface area (Å²) in [5, 5.41) is 0.804. The lowest BCUT2D eigenvalue weighted by Gasteiger charge is -2.26. The van der Waals surface area contributed by atoms with E-state index < -0.39 is 0 Å². The van der Waals surface area contributed by atoms with E-state index >= 15 is 0 Å². The zero-order valence-electron chi connectivity index (χ0n) is 10.9. The summed E-state index contributed by atoms with van der Waals surface area (Å²) < 4.78 is 11.4. The van der Waals surface area contributed by atoms with Crippen LogP contribution in [0.3, 0.4) is 0 Å². The normalized spacial score (nSPS) is 17.2. The fourth-order valence-electron chi connectivity index (χ4n) is 2.31. The summed E-state index contributed by atoms with van der Waals surface area (Å²) in [6, 6.07) is 8.08. The molecule has 0 amide bonds. The third-order valence-electron chi connectivity index (χ3n) is 3.70. The summed E-state index contributed by atoms with van der Waals surface area (Å²) >= 11 is 3.53. The molecular formula is C15H21BrO2. The monoisotopic (exact) mass is 312 g/mol. The Labute approximate surface area is 118 Å². The quantitative estimate of drug-likeness (QED) is 0.697.